The van der Waals surface area contributed by atoms with E-state index in [0.717, 1.165) is 4.31 Å². The number of carbonyl (C=O) groups is 1. The van der Waals surface area contributed by atoms with Gasteiger partial charge in [-0.2, -0.15) is 4.31 Å². The number of nitrogens with zero attached hydrogens (tertiary/aromatic N) is 1. The van der Waals surface area contributed by atoms with Crippen molar-refractivity contribution in [3.05, 3.63) is 0 Å². The fourth-order valence-electron chi connectivity index (χ4n) is 0.884. The maximum atomic E-state index is 11.3. The van der Waals surface area contributed by atoms with Crippen LogP contribution in [0.1, 0.15) is 6.42 Å². The van der Waals surface area contributed by atoms with Gasteiger partial charge in [0.25, 0.3) is 0 Å². The Morgan fingerprint density at radius 1 is 1.50 bits per heavy atom. The van der Waals surface area contributed by atoms with E-state index in [0.29, 0.717) is 19.6 Å². The summed E-state index contributed by atoms with van der Waals surface area (Å²) in [4.78, 5) is 11.3. The number of nitrogens with one attached hydrogen (secondary N) is 1. The molecule has 0 radical (unpaired) electrons. The molecule has 0 aliphatic carbocycles. The molecule has 0 aromatic heterocycles. The molecule has 0 bridgehead atoms. The number of hydrogen-bond donors (Lipinski definition) is 1. The minimum atomic E-state index is -3.36. The zero-order chi connectivity index (χ0) is 12.6. The van der Waals surface area contributed by atoms with Gasteiger partial charge in [0.2, 0.25) is 15.9 Å². The van der Waals surface area contributed by atoms with Crippen LogP contribution < -0.4 is 5.32 Å². The summed E-state index contributed by atoms with van der Waals surface area (Å²) in [5.74, 6) is -0.317. The van der Waals surface area contributed by atoms with Crippen LogP contribution in [0.2, 0.25) is 0 Å². The largest absolute Gasteiger partial charge is 0.385 e. The predicted octanol–water partition coefficient (Wildman–Crippen LogP) is -0.247. The minimum Gasteiger partial charge on any atom is -0.385 e. The van der Waals surface area contributed by atoms with Gasteiger partial charge >= 0.3 is 0 Å². The second kappa shape index (κ2) is 7.99. The van der Waals surface area contributed by atoms with Crippen molar-refractivity contribution < 1.29 is 17.9 Å². The van der Waals surface area contributed by atoms with Crippen molar-refractivity contribution in [2.75, 3.05) is 38.5 Å². The van der Waals surface area contributed by atoms with Gasteiger partial charge in [-0.15, -0.1) is 0 Å². The molecule has 16 heavy (non-hydrogen) atoms. The lowest BCUT2D eigenvalue weighted by atomic mass is 10.4. The summed E-state index contributed by atoms with van der Waals surface area (Å²) in [6, 6.07) is 0. The number of rotatable bonds is 8. The van der Waals surface area contributed by atoms with E-state index < -0.39 is 10.0 Å². The molecular formula is C8H17BrN2O4S. The Hall–Kier alpha value is -0.180. The molecule has 1 N–H and O–H groups in total. The van der Waals surface area contributed by atoms with E-state index in [4.69, 9.17) is 4.74 Å². The Balaban J connectivity index is 3.88. The van der Waals surface area contributed by atoms with Gasteiger partial charge in [-0.25, -0.2) is 8.42 Å². The number of likely N-dealkylation sites (N-methyl/N-ethyl adjacent to an activating group) is 1. The molecule has 0 aliphatic rings. The highest BCUT2D eigenvalue weighted by atomic mass is 79.9. The number of sulfonamides is 1. The van der Waals surface area contributed by atoms with Gasteiger partial charge < -0.3 is 10.1 Å². The van der Waals surface area contributed by atoms with Gasteiger partial charge in [0.15, 0.2) is 0 Å². The van der Waals surface area contributed by atoms with Crippen molar-refractivity contribution in [3.8, 4) is 0 Å². The first-order valence-electron chi connectivity index (χ1n) is 4.69. The van der Waals surface area contributed by atoms with Crippen LogP contribution in [-0.2, 0) is 19.6 Å². The highest BCUT2D eigenvalue weighted by Crippen LogP contribution is 2.00. The fourth-order valence-corrected chi connectivity index (χ4v) is 2.41. The van der Waals surface area contributed by atoms with Gasteiger partial charge in [0.1, 0.15) is 4.66 Å². The first-order chi connectivity index (χ1) is 7.44. The van der Waals surface area contributed by atoms with Gasteiger partial charge in [0, 0.05) is 27.3 Å². The number of methoxy groups -OCH3 is 1. The molecule has 6 nitrogen and oxygen atoms in total. The lowest BCUT2D eigenvalue weighted by Crippen LogP contribution is -2.39. The van der Waals surface area contributed by atoms with Crippen LogP contribution in [0.4, 0.5) is 0 Å². The maximum absolute atomic E-state index is 11.3. The monoisotopic (exact) mass is 316 g/mol. The molecular weight excluding hydrogens is 300 g/mol. The Morgan fingerprint density at radius 3 is 2.62 bits per heavy atom. The molecule has 8 heteroatoms. The van der Waals surface area contributed by atoms with Crippen LogP contribution >= 0.6 is 15.9 Å². The van der Waals surface area contributed by atoms with Crippen molar-refractivity contribution in [2.24, 2.45) is 0 Å². The molecule has 96 valence electrons. The summed E-state index contributed by atoms with van der Waals surface area (Å²) >= 11 is 2.86. The summed E-state index contributed by atoms with van der Waals surface area (Å²) in [6.07, 6.45) is 0.706. The van der Waals surface area contributed by atoms with Crippen LogP contribution in [0.15, 0.2) is 0 Å². The lowest BCUT2D eigenvalue weighted by Gasteiger charge is -2.14. The Kier molecular flexibility index (Phi) is 7.90. The van der Waals surface area contributed by atoms with E-state index >= 15 is 0 Å². The summed E-state index contributed by atoms with van der Waals surface area (Å²) in [5.41, 5.74) is 0. The van der Waals surface area contributed by atoms with Gasteiger partial charge in [-0.1, -0.05) is 15.9 Å². The Labute approximate surface area is 105 Å². The summed E-state index contributed by atoms with van der Waals surface area (Å²) in [7, 11) is -0.416. The van der Waals surface area contributed by atoms with Crippen molar-refractivity contribution in [1.82, 2.24) is 9.62 Å². The highest BCUT2D eigenvalue weighted by molar-refractivity contribution is 9.10. The molecule has 0 aromatic rings. The smallest absolute Gasteiger partial charge is 0.235 e. The second-order valence-corrected chi connectivity index (χ2v) is 6.55. The highest BCUT2D eigenvalue weighted by Gasteiger charge is 2.18. The van der Waals surface area contributed by atoms with Crippen LogP contribution in [0, 0.1) is 0 Å². The van der Waals surface area contributed by atoms with E-state index in [1.54, 1.807) is 7.11 Å². The zero-order valence-electron chi connectivity index (χ0n) is 9.40. The lowest BCUT2D eigenvalue weighted by molar-refractivity contribution is -0.121. The molecule has 0 spiro atoms. The Morgan fingerprint density at radius 2 is 2.12 bits per heavy atom. The molecule has 0 saturated carbocycles. The van der Waals surface area contributed by atoms with Crippen LogP contribution in [0.5, 0.6) is 0 Å². The first-order valence-corrected chi connectivity index (χ1v) is 7.42. The quantitative estimate of drug-likeness (QED) is 0.495. The van der Waals surface area contributed by atoms with Crippen molar-refractivity contribution in [3.63, 3.8) is 0 Å². The number of alkyl halides is 1. The van der Waals surface area contributed by atoms with Gasteiger partial charge in [-0.05, 0) is 6.42 Å². The topological polar surface area (TPSA) is 75.7 Å². The average Bonchev–Trinajstić information content (AvgIpc) is 2.24. The number of ether oxygens (including phenoxy) is 1. The van der Waals surface area contributed by atoms with Crippen LogP contribution in [0.3, 0.4) is 0 Å². The molecule has 0 aromatic carbocycles. The molecule has 0 aliphatic heterocycles. The predicted molar refractivity (Wildman–Crippen MR) is 64.8 cm³/mol. The molecule has 0 rings (SSSR count). The molecule has 0 saturated heterocycles. The third kappa shape index (κ3) is 6.41. The zero-order valence-corrected chi connectivity index (χ0v) is 11.8. The first kappa shape index (κ1) is 15.8. The average molecular weight is 317 g/mol. The van der Waals surface area contributed by atoms with Gasteiger partial charge in [-0.3, -0.25) is 4.79 Å². The minimum absolute atomic E-state index is 0.166. The van der Waals surface area contributed by atoms with E-state index in [-0.39, 0.29) is 17.1 Å². The number of halogens is 1. The molecule has 0 fully saturated rings. The van der Waals surface area contributed by atoms with Crippen molar-refractivity contribution >= 4 is 31.9 Å². The standard InChI is InChI=1S/C8H17BrN2O4S/c1-11(16(13,14)7-9)6-8(12)10-4-3-5-15-2/h3-7H2,1-2H3,(H,10,12). The summed E-state index contributed by atoms with van der Waals surface area (Å²) in [5, 5.41) is 2.60. The third-order valence-electron chi connectivity index (χ3n) is 1.83. The number of hydrogen-bond acceptors (Lipinski definition) is 4. The van der Waals surface area contributed by atoms with E-state index in [1.165, 1.54) is 7.05 Å². The fraction of sp³-hybridized carbons (Fsp3) is 0.875. The van der Waals surface area contributed by atoms with Crippen LogP contribution in [-0.4, -0.2) is 57.1 Å². The van der Waals surface area contributed by atoms with E-state index in [2.05, 4.69) is 21.2 Å². The molecule has 0 heterocycles. The Bertz CT molecular complexity index is 307. The third-order valence-corrected chi connectivity index (χ3v) is 4.92. The normalized spacial score (nSPS) is 11.8. The number of amides is 1. The van der Waals surface area contributed by atoms with Crippen molar-refractivity contribution in [2.45, 2.75) is 6.42 Å². The van der Waals surface area contributed by atoms with Gasteiger partial charge in [0.05, 0.1) is 6.54 Å². The summed E-state index contributed by atoms with van der Waals surface area (Å²) in [6.45, 7) is 0.881. The van der Waals surface area contributed by atoms with E-state index in [1.807, 2.05) is 0 Å². The molecule has 1 amide bonds. The van der Waals surface area contributed by atoms with Crippen LogP contribution in [0.25, 0.3) is 0 Å². The van der Waals surface area contributed by atoms with Crippen molar-refractivity contribution in [1.29, 1.82) is 0 Å². The SMILES string of the molecule is COCCCNC(=O)CN(C)S(=O)(=O)CBr. The molecule has 0 atom stereocenters. The number of carbonyl (C=O) groups excluding carboxylic acids is 1. The molecule has 0 unspecified atom stereocenters. The van der Waals surface area contributed by atoms with E-state index in [9.17, 15) is 13.2 Å². The summed E-state index contributed by atoms with van der Waals surface area (Å²) < 4.78 is 28.2. The maximum Gasteiger partial charge on any atom is 0.235 e. The second-order valence-electron chi connectivity index (χ2n) is 3.17.